The minimum absolute atomic E-state index is 0.228. The van der Waals surface area contributed by atoms with Crippen LogP contribution in [-0.4, -0.2) is 12.6 Å². The van der Waals surface area contributed by atoms with Gasteiger partial charge in [-0.3, -0.25) is 0 Å². The van der Waals surface area contributed by atoms with Gasteiger partial charge in [0.05, 0.1) is 10.7 Å². The Kier molecular flexibility index (Phi) is 5.63. The lowest BCUT2D eigenvalue weighted by atomic mass is 10.3. The molecule has 1 aromatic rings. The molecule has 0 saturated carbocycles. The van der Waals surface area contributed by atoms with Gasteiger partial charge in [-0.05, 0) is 24.6 Å². The van der Waals surface area contributed by atoms with Crippen LogP contribution in [0.4, 0.5) is 10.5 Å². The quantitative estimate of drug-likeness (QED) is 0.810. The van der Waals surface area contributed by atoms with Gasteiger partial charge >= 0.3 is 6.03 Å². The molecule has 0 aliphatic rings. The first-order valence-electron chi connectivity index (χ1n) is 5.13. The maximum Gasteiger partial charge on any atom is 0.319 e. The molecule has 0 aliphatic carbocycles. The first-order chi connectivity index (χ1) is 7.63. The van der Waals surface area contributed by atoms with Crippen molar-refractivity contribution < 1.29 is 4.79 Å². The van der Waals surface area contributed by atoms with Crippen molar-refractivity contribution in [2.24, 2.45) is 0 Å². The number of benzene rings is 1. The largest absolute Gasteiger partial charge is 0.338 e. The van der Waals surface area contributed by atoms with E-state index in [1.165, 1.54) is 0 Å². The van der Waals surface area contributed by atoms with Crippen LogP contribution in [0.25, 0.3) is 0 Å². The van der Waals surface area contributed by atoms with Crippen LogP contribution in [0.3, 0.4) is 0 Å². The zero-order chi connectivity index (χ0) is 12.0. The summed E-state index contributed by atoms with van der Waals surface area (Å²) in [5.41, 5.74) is 0.602. The third-order valence-corrected chi connectivity index (χ3v) is 2.82. The van der Waals surface area contributed by atoms with Crippen LogP contribution in [0, 0.1) is 0 Å². The summed E-state index contributed by atoms with van der Waals surface area (Å²) in [5.74, 6) is 0. The Morgan fingerprint density at radius 3 is 2.94 bits per heavy atom. The van der Waals surface area contributed by atoms with Crippen molar-refractivity contribution >= 4 is 39.2 Å². The molecule has 16 heavy (non-hydrogen) atoms. The van der Waals surface area contributed by atoms with E-state index < -0.39 is 0 Å². The minimum Gasteiger partial charge on any atom is -0.338 e. The Hall–Kier alpha value is -0.740. The number of anilines is 1. The van der Waals surface area contributed by atoms with Crippen LogP contribution in [-0.2, 0) is 0 Å². The number of nitrogens with one attached hydrogen (secondary N) is 2. The second-order valence-corrected chi connectivity index (χ2v) is 4.68. The van der Waals surface area contributed by atoms with Crippen LogP contribution in [0.5, 0.6) is 0 Å². The Labute approximate surface area is 109 Å². The number of hydrogen-bond donors (Lipinski definition) is 2. The molecule has 5 heteroatoms. The Bertz CT molecular complexity index is 371. The summed E-state index contributed by atoms with van der Waals surface area (Å²) >= 11 is 9.26. The summed E-state index contributed by atoms with van der Waals surface area (Å²) in [7, 11) is 0. The highest BCUT2D eigenvalue weighted by Crippen LogP contribution is 2.25. The number of rotatable bonds is 4. The first kappa shape index (κ1) is 13.3. The summed E-state index contributed by atoms with van der Waals surface area (Å²) in [4.78, 5) is 11.5. The van der Waals surface area contributed by atoms with Gasteiger partial charge in [0.15, 0.2) is 0 Å². The van der Waals surface area contributed by atoms with Gasteiger partial charge in [-0.15, -0.1) is 0 Å². The third kappa shape index (κ3) is 4.41. The van der Waals surface area contributed by atoms with Crippen molar-refractivity contribution in [3.8, 4) is 0 Å². The van der Waals surface area contributed by atoms with Crippen molar-refractivity contribution in [1.82, 2.24) is 5.32 Å². The van der Waals surface area contributed by atoms with Crippen LogP contribution >= 0.6 is 27.5 Å². The van der Waals surface area contributed by atoms with E-state index in [2.05, 4.69) is 33.5 Å². The van der Waals surface area contributed by atoms with Crippen LogP contribution in [0.2, 0.25) is 5.02 Å². The number of urea groups is 1. The molecule has 0 saturated heterocycles. The molecule has 0 bridgehead atoms. The molecule has 2 amide bonds. The highest BCUT2D eigenvalue weighted by atomic mass is 79.9. The summed E-state index contributed by atoms with van der Waals surface area (Å²) < 4.78 is 0.876. The van der Waals surface area contributed by atoms with Gasteiger partial charge in [0, 0.05) is 11.0 Å². The van der Waals surface area contributed by atoms with E-state index in [9.17, 15) is 4.79 Å². The number of amides is 2. The number of unbranched alkanes of at least 4 members (excludes halogenated alkanes) is 1. The highest BCUT2D eigenvalue weighted by molar-refractivity contribution is 9.10. The monoisotopic (exact) mass is 304 g/mol. The molecule has 0 atom stereocenters. The summed E-state index contributed by atoms with van der Waals surface area (Å²) in [6.07, 6.45) is 2.03. The molecule has 1 rings (SSSR count). The molecule has 0 unspecified atom stereocenters. The number of halogens is 2. The van der Waals surface area contributed by atoms with Crippen molar-refractivity contribution in [2.75, 3.05) is 11.9 Å². The predicted octanol–water partition coefficient (Wildman–Crippen LogP) is 4.02. The predicted molar refractivity (Wildman–Crippen MR) is 71.1 cm³/mol. The fraction of sp³-hybridized carbons (Fsp3) is 0.364. The van der Waals surface area contributed by atoms with Gasteiger partial charge < -0.3 is 10.6 Å². The normalized spacial score (nSPS) is 9.94. The molecular weight excluding hydrogens is 291 g/mol. The van der Waals surface area contributed by atoms with E-state index in [0.29, 0.717) is 17.3 Å². The van der Waals surface area contributed by atoms with Gasteiger partial charge in [-0.2, -0.15) is 0 Å². The minimum atomic E-state index is -0.228. The Morgan fingerprint density at radius 2 is 2.25 bits per heavy atom. The summed E-state index contributed by atoms with van der Waals surface area (Å²) in [6.45, 7) is 2.75. The van der Waals surface area contributed by atoms with Crippen LogP contribution in [0.15, 0.2) is 22.7 Å². The van der Waals surface area contributed by atoms with Crippen molar-refractivity contribution in [1.29, 1.82) is 0 Å². The zero-order valence-corrected chi connectivity index (χ0v) is 11.4. The number of carbonyl (C=O) groups is 1. The molecule has 2 N–H and O–H groups in total. The Balaban J connectivity index is 2.52. The lowest BCUT2D eigenvalue weighted by molar-refractivity contribution is 0.252. The maximum atomic E-state index is 11.5. The number of hydrogen-bond acceptors (Lipinski definition) is 1. The standard InChI is InChI=1S/C11H14BrClN2O/c1-2-3-6-14-11(16)15-10-7-8(12)4-5-9(10)13/h4-5,7H,2-3,6H2,1H3,(H2,14,15,16). The second kappa shape index (κ2) is 6.76. The summed E-state index contributed by atoms with van der Waals surface area (Å²) in [5, 5.41) is 5.97. The molecule has 0 heterocycles. The molecular formula is C11H14BrClN2O. The molecule has 3 nitrogen and oxygen atoms in total. The smallest absolute Gasteiger partial charge is 0.319 e. The van der Waals surface area contributed by atoms with E-state index in [-0.39, 0.29) is 6.03 Å². The fourth-order valence-electron chi connectivity index (χ4n) is 1.14. The van der Waals surface area contributed by atoms with Crippen molar-refractivity contribution in [3.63, 3.8) is 0 Å². The Morgan fingerprint density at radius 1 is 1.50 bits per heavy atom. The lowest BCUT2D eigenvalue weighted by Gasteiger charge is -2.08. The maximum absolute atomic E-state index is 11.5. The van der Waals surface area contributed by atoms with E-state index in [4.69, 9.17) is 11.6 Å². The van der Waals surface area contributed by atoms with Crippen LogP contribution < -0.4 is 10.6 Å². The van der Waals surface area contributed by atoms with E-state index >= 15 is 0 Å². The second-order valence-electron chi connectivity index (χ2n) is 3.36. The fourth-order valence-corrected chi connectivity index (χ4v) is 1.66. The SMILES string of the molecule is CCCCNC(=O)Nc1cc(Br)ccc1Cl. The van der Waals surface area contributed by atoms with Gasteiger partial charge in [0.1, 0.15) is 0 Å². The van der Waals surface area contributed by atoms with Gasteiger partial charge in [0.2, 0.25) is 0 Å². The van der Waals surface area contributed by atoms with Crippen molar-refractivity contribution in [2.45, 2.75) is 19.8 Å². The van der Waals surface area contributed by atoms with Gasteiger partial charge in [0.25, 0.3) is 0 Å². The molecule has 0 spiro atoms. The molecule has 88 valence electrons. The molecule has 0 fully saturated rings. The van der Waals surface area contributed by atoms with Crippen molar-refractivity contribution in [3.05, 3.63) is 27.7 Å². The summed E-state index contributed by atoms with van der Waals surface area (Å²) in [6, 6.07) is 5.09. The van der Waals surface area contributed by atoms with Gasteiger partial charge in [-0.25, -0.2) is 4.79 Å². The highest BCUT2D eigenvalue weighted by Gasteiger charge is 2.05. The average Bonchev–Trinajstić information content (AvgIpc) is 2.24. The average molecular weight is 306 g/mol. The first-order valence-corrected chi connectivity index (χ1v) is 6.30. The molecule has 0 radical (unpaired) electrons. The molecule has 1 aromatic carbocycles. The number of carbonyl (C=O) groups excluding carboxylic acids is 1. The lowest BCUT2D eigenvalue weighted by Crippen LogP contribution is -2.29. The molecule has 0 aliphatic heterocycles. The molecule has 0 aromatic heterocycles. The van der Waals surface area contributed by atoms with Gasteiger partial charge in [-0.1, -0.05) is 40.9 Å². The van der Waals surface area contributed by atoms with E-state index in [1.54, 1.807) is 12.1 Å². The van der Waals surface area contributed by atoms with Crippen LogP contribution in [0.1, 0.15) is 19.8 Å². The third-order valence-electron chi connectivity index (χ3n) is 1.99. The topological polar surface area (TPSA) is 41.1 Å². The van der Waals surface area contributed by atoms with E-state index in [0.717, 1.165) is 17.3 Å². The zero-order valence-electron chi connectivity index (χ0n) is 9.02. The van der Waals surface area contributed by atoms with E-state index in [1.807, 2.05) is 6.07 Å².